The van der Waals surface area contributed by atoms with E-state index in [0.717, 1.165) is 30.6 Å². The summed E-state index contributed by atoms with van der Waals surface area (Å²) in [6.45, 7) is 8.88. The van der Waals surface area contributed by atoms with E-state index in [0.29, 0.717) is 13.0 Å². The van der Waals surface area contributed by atoms with E-state index < -0.39 is 0 Å². The highest BCUT2D eigenvalue weighted by molar-refractivity contribution is 5.75. The summed E-state index contributed by atoms with van der Waals surface area (Å²) in [6.07, 6.45) is 46.2. The van der Waals surface area contributed by atoms with Crippen molar-refractivity contribution in [3.8, 4) is 0 Å². The van der Waals surface area contributed by atoms with Crippen LogP contribution in [0.3, 0.4) is 0 Å². The number of rotatable bonds is 37. The Kier molecular flexibility index (Phi) is 30.6. The normalized spacial score (nSPS) is 16.4. The molecule has 0 heterocycles. The van der Waals surface area contributed by atoms with Gasteiger partial charge in [-0.3, -0.25) is 9.59 Å². The lowest BCUT2D eigenvalue weighted by Crippen LogP contribution is -2.23. The molecule has 1 aliphatic rings. The lowest BCUT2D eigenvalue weighted by atomic mass is 9.95. The van der Waals surface area contributed by atoms with E-state index in [1.807, 2.05) is 20.8 Å². The number of hydrogen-bond donors (Lipinski definition) is 0. The van der Waals surface area contributed by atoms with Gasteiger partial charge in [0, 0.05) is 6.42 Å². The minimum atomic E-state index is -0.376. The zero-order valence-corrected chi connectivity index (χ0v) is 34.6. The molecule has 0 unspecified atom stereocenters. The first-order valence-electron chi connectivity index (χ1n) is 22.5. The molecule has 1 rings (SSSR count). The van der Waals surface area contributed by atoms with E-state index in [9.17, 15) is 9.59 Å². The third kappa shape index (κ3) is 29.5. The first kappa shape index (κ1) is 47.0. The van der Waals surface area contributed by atoms with Crippen LogP contribution in [0.2, 0.25) is 0 Å². The minimum absolute atomic E-state index is 0.0627. The van der Waals surface area contributed by atoms with E-state index in [-0.39, 0.29) is 17.4 Å². The Morgan fingerprint density at radius 2 is 0.900 bits per heavy atom. The van der Waals surface area contributed by atoms with E-state index in [2.05, 4.69) is 6.92 Å². The molecule has 0 saturated heterocycles. The fourth-order valence-corrected chi connectivity index (χ4v) is 7.84. The van der Waals surface area contributed by atoms with Crippen molar-refractivity contribution in [1.29, 1.82) is 0 Å². The van der Waals surface area contributed by atoms with Gasteiger partial charge in [0.15, 0.2) is 0 Å². The summed E-state index contributed by atoms with van der Waals surface area (Å²) in [6, 6.07) is 0. The summed E-state index contributed by atoms with van der Waals surface area (Å²) in [7, 11) is 1.48. The summed E-state index contributed by atoms with van der Waals surface area (Å²) in [5.74, 6) is 2.96. The van der Waals surface area contributed by atoms with Crippen LogP contribution in [0.1, 0.15) is 246 Å². The molecule has 0 aromatic heterocycles. The Hall–Kier alpha value is -1.06. The van der Waals surface area contributed by atoms with E-state index >= 15 is 0 Å². The first-order chi connectivity index (χ1) is 24.3. The molecule has 0 spiro atoms. The molecule has 4 heteroatoms. The summed E-state index contributed by atoms with van der Waals surface area (Å²) >= 11 is 0. The average molecular weight is 705 g/mol. The highest BCUT2D eigenvalue weighted by Gasteiger charge is 2.39. The molecule has 0 amide bonds. The van der Waals surface area contributed by atoms with Gasteiger partial charge >= 0.3 is 11.9 Å². The SMILES string of the molecule is COC(=O)CCCCCCCCCCCCCCCC[C@@H](C)[C@H]1C[C@H]1CCCCCCCCCCCCCCCCCCOC(=O)C(C)(C)C. The number of carbonyl (C=O) groups is 2. The van der Waals surface area contributed by atoms with Gasteiger partial charge in [-0.15, -0.1) is 0 Å². The molecule has 1 aliphatic carbocycles. The monoisotopic (exact) mass is 705 g/mol. The van der Waals surface area contributed by atoms with Crippen LogP contribution in [-0.2, 0) is 19.1 Å². The standard InChI is InChI=1S/C46H88O4/c1-41(36-32-28-24-20-16-12-9-10-14-18-22-26-30-34-38-44(47)49-5)43-40-42(43)37-33-29-25-21-17-13-8-6-7-11-15-19-23-27-31-35-39-50-45(48)46(2,3)4/h41-43H,6-40H2,1-5H3/t41-,42-,43-/m1/s1. The number of hydrogen-bond acceptors (Lipinski definition) is 4. The van der Waals surface area contributed by atoms with Gasteiger partial charge in [-0.25, -0.2) is 0 Å². The summed E-state index contributed by atoms with van der Waals surface area (Å²) < 4.78 is 10.0. The van der Waals surface area contributed by atoms with Crippen LogP contribution in [0, 0.1) is 23.2 Å². The van der Waals surface area contributed by atoms with Crippen LogP contribution < -0.4 is 0 Å². The molecular formula is C46H88O4. The summed E-state index contributed by atoms with van der Waals surface area (Å²) in [4.78, 5) is 22.9. The second kappa shape index (κ2) is 32.6. The van der Waals surface area contributed by atoms with E-state index in [1.165, 1.54) is 206 Å². The van der Waals surface area contributed by atoms with Gasteiger partial charge in [0.2, 0.25) is 0 Å². The molecule has 296 valence electrons. The Balaban J connectivity index is 1.73. The highest BCUT2D eigenvalue weighted by Crippen LogP contribution is 2.48. The predicted molar refractivity (Wildman–Crippen MR) is 216 cm³/mol. The summed E-state index contributed by atoms with van der Waals surface area (Å²) in [5.41, 5.74) is -0.376. The smallest absolute Gasteiger partial charge is 0.311 e. The average Bonchev–Trinajstić information content (AvgIpc) is 3.88. The Morgan fingerprint density at radius 3 is 1.30 bits per heavy atom. The highest BCUT2D eigenvalue weighted by atomic mass is 16.5. The third-order valence-electron chi connectivity index (χ3n) is 11.5. The Labute approximate surface area is 313 Å². The van der Waals surface area contributed by atoms with Crippen molar-refractivity contribution in [2.45, 2.75) is 246 Å². The van der Waals surface area contributed by atoms with E-state index in [1.54, 1.807) is 0 Å². The minimum Gasteiger partial charge on any atom is -0.469 e. The Bertz CT molecular complexity index is 771. The molecule has 50 heavy (non-hydrogen) atoms. The van der Waals surface area contributed by atoms with Crippen molar-refractivity contribution >= 4 is 11.9 Å². The quantitative estimate of drug-likeness (QED) is 0.0477. The molecule has 4 nitrogen and oxygen atoms in total. The molecule has 0 aromatic rings. The van der Waals surface area contributed by atoms with Gasteiger partial charge in [0.25, 0.3) is 0 Å². The fourth-order valence-electron chi connectivity index (χ4n) is 7.84. The lowest BCUT2D eigenvalue weighted by Gasteiger charge is -2.16. The van der Waals surface area contributed by atoms with Gasteiger partial charge < -0.3 is 9.47 Å². The van der Waals surface area contributed by atoms with Crippen molar-refractivity contribution in [3.05, 3.63) is 0 Å². The maximum absolute atomic E-state index is 11.8. The van der Waals surface area contributed by atoms with Crippen molar-refractivity contribution in [3.63, 3.8) is 0 Å². The molecule has 0 radical (unpaired) electrons. The number of esters is 2. The maximum Gasteiger partial charge on any atom is 0.311 e. The van der Waals surface area contributed by atoms with Crippen LogP contribution in [0.25, 0.3) is 0 Å². The van der Waals surface area contributed by atoms with Gasteiger partial charge in [-0.2, -0.15) is 0 Å². The molecule has 3 atom stereocenters. The van der Waals surface area contributed by atoms with Crippen LogP contribution in [0.5, 0.6) is 0 Å². The van der Waals surface area contributed by atoms with Crippen molar-refractivity contribution in [2.75, 3.05) is 13.7 Å². The second-order valence-electron chi connectivity index (χ2n) is 17.5. The third-order valence-corrected chi connectivity index (χ3v) is 11.5. The summed E-state index contributed by atoms with van der Waals surface area (Å²) in [5, 5.41) is 0. The topological polar surface area (TPSA) is 52.6 Å². The zero-order chi connectivity index (χ0) is 36.5. The van der Waals surface area contributed by atoms with Crippen LogP contribution in [0.4, 0.5) is 0 Å². The molecule has 1 saturated carbocycles. The molecule has 0 bridgehead atoms. The van der Waals surface area contributed by atoms with E-state index in [4.69, 9.17) is 9.47 Å². The van der Waals surface area contributed by atoms with Gasteiger partial charge in [0.05, 0.1) is 19.1 Å². The van der Waals surface area contributed by atoms with Gasteiger partial charge in [-0.1, -0.05) is 200 Å². The largest absolute Gasteiger partial charge is 0.469 e. The number of carbonyl (C=O) groups excluding carboxylic acids is 2. The molecule has 1 fully saturated rings. The number of ether oxygens (including phenoxy) is 2. The van der Waals surface area contributed by atoms with Crippen molar-refractivity contribution < 1.29 is 19.1 Å². The molecule has 0 N–H and O–H groups in total. The molecule has 0 aliphatic heterocycles. The van der Waals surface area contributed by atoms with Crippen molar-refractivity contribution in [2.24, 2.45) is 23.2 Å². The number of unbranched alkanes of at least 4 members (excludes halogenated alkanes) is 28. The lowest BCUT2D eigenvalue weighted by molar-refractivity contribution is -0.153. The van der Waals surface area contributed by atoms with Crippen LogP contribution >= 0.6 is 0 Å². The molecule has 0 aromatic carbocycles. The second-order valence-corrected chi connectivity index (χ2v) is 17.5. The predicted octanol–water partition coefficient (Wildman–Crippen LogP) is 14.9. The van der Waals surface area contributed by atoms with Crippen LogP contribution in [0.15, 0.2) is 0 Å². The van der Waals surface area contributed by atoms with Gasteiger partial charge in [0.1, 0.15) is 0 Å². The fraction of sp³-hybridized carbons (Fsp3) is 0.957. The number of methoxy groups -OCH3 is 1. The van der Waals surface area contributed by atoms with Crippen molar-refractivity contribution in [1.82, 2.24) is 0 Å². The van der Waals surface area contributed by atoms with Crippen LogP contribution in [-0.4, -0.2) is 25.7 Å². The Morgan fingerprint density at radius 1 is 0.540 bits per heavy atom. The van der Waals surface area contributed by atoms with Gasteiger partial charge in [-0.05, 0) is 57.8 Å². The molecular weight excluding hydrogens is 617 g/mol. The maximum atomic E-state index is 11.8. The zero-order valence-electron chi connectivity index (χ0n) is 34.6. The first-order valence-corrected chi connectivity index (χ1v) is 22.5.